The number of rotatable bonds is 4. The van der Waals surface area contributed by atoms with E-state index < -0.39 is 10.0 Å². The molecule has 0 bridgehead atoms. The number of sulfonamides is 1. The van der Waals surface area contributed by atoms with Gasteiger partial charge in [-0.2, -0.15) is 0 Å². The average molecular weight is 355 g/mol. The number of anilines is 1. The Morgan fingerprint density at radius 1 is 1.08 bits per heavy atom. The van der Waals surface area contributed by atoms with E-state index in [1.807, 2.05) is 0 Å². The third kappa shape index (κ3) is 2.87. The van der Waals surface area contributed by atoms with Crippen molar-refractivity contribution >= 4 is 26.8 Å². The molecule has 1 N–H and O–H groups in total. The minimum absolute atomic E-state index is 0.0890. The van der Waals surface area contributed by atoms with Crippen LogP contribution >= 0.6 is 0 Å². The van der Waals surface area contributed by atoms with Crippen LogP contribution < -0.4 is 4.72 Å². The Hall–Kier alpha value is -3.13. The van der Waals surface area contributed by atoms with Gasteiger partial charge in [-0.1, -0.05) is 29.4 Å². The fourth-order valence-corrected chi connectivity index (χ4v) is 3.52. The molecule has 0 fully saturated rings. The second-order valence-corrected chi connectivity index (χ2v) is 7.09. The topological polar surface area (TPSA) is 98.2 Å². The third-order valence-electron chi connectivity index (χ3n) is 3.66. The van der Waals surface area contributed by atoms with Gasteiger partial charge in [0.15, 0.2) is 23.1 Å². The number of oxazole rings is 1. The fourth-order valence-electron chi connectivity index (χ4n) is 2.46. The first-order chi connectivity index (χ1) is 12.0. The molecule has 0 aliphatic rings. The maximum absolute atomic E-state index is 12.7. The molecular formula is C17H13N3O4S. The third-order valence-corrected chi connectivity index (χ3v) is 5.00. The highest BCUT2D eigenvalue weighted by Gasteiger charge is 2.19. The maximum Gasteiger partial charge on any atom is 0.263 e. The van der Waals surface area contributed by atoms with Crippen molar-refractivity contribution in [2.75, 3.05) is 4.72 Å². The lowest BCUT2D eigenvalue weighted by Crippen LogP contribution is -2.13. The number of hydrogen-bond donors (Lipinski definition) is 1. The smallest absolute Gasteiger partial charge is 0.263 e. The summed E-state index contributed by atoms with van der Waals surface area (Å²) in [6, 6.07) is 13.4. The van der Waals surface area contributed by atoms with Crippen molar-refractivity contribution in [3.05, 3.63) is 60.6 Å². The van der Waals surface area contributed by atoms with Crippen molar-refractivity contribution in [1.82, 2.24) is 10.1 Å². The molecule has 0 atom stereocenters. The van der Waals surface area contributed by atoms with Gasteiger partial charge in [0.05, 0.1) is 16.5 Å². The predicted molar refractivity (Wildman–Crippen MR) is 91.5 cm³/mol. The molecule has 4 aromatic rings. The van der Waals surface area contributed by atoms with Crippen molar-refractivity contribution in [1.29, 1.82) is 0 Å². The quantitative estimate of drug-likeness (QED) is 0.601. The molecule has 4 rings (SSSR count). The lowest BCUT2D eigenvalue weighted by atomic mass is 10.2. The zero-order chi connectivity index (χ0) is 17.4. The van der Waals surface area contributed by atoms with Crippen LogP contribution in [0.4, 0.5) is 5.82 Å². The number of benzene rings is 2. The van der Waals surface area contributed by atoms with Gasteiger partial charge in [0.2, 0.25) is 0 Å². The van der Waals surface area contributed by atoms with Crippen LogP contribution in [0.1, 0.15) is 5.89 Å². The summed E-state index contributed by atoms with van der Waals surface area (Å²) >= 11 is 0. The van der Waals surface area contributed by atoms with E-state index in [1.165, 1.54) is 12.1 Å². The molecule has 0 aliphatic carbocycles. The SMILES string of the molecule is Cc1ncc(-c2cccc(S(=O)(=O)Nc3noc4ccccc34)c2)o1. The standard InChI is InChI=1S/C17H13N3O4S/c1-11-18-10-16(23-11)12-5-4-6-13(9-12)25(21,22)20-17-14-7-2-3-8-15(14)24-19-17/h2-10H,1H3,(H,19,20). The van der Waals surface area contributed by atoms with Gasteiger partial charge >= 0.3 is 0 Å². The van der Waals surface area contributed by atoms with Crippen molar-refractivity contribution in [3.63, 3.8) is 0 Å². The Kier molecular flexibility index (Phi) is 3.54. The Bertz CT molecular complexity index is 1160. The molecule has 0 aliphatic heterocycles. The van der Waals surface area contributed by atoms with Crippen molar-refractivity contribution in [2.45, 2.75) is 11.8 Å². The number of nitrogens with zero attached hydrogens (tertiary/aromatic N) is 2. The van der Waals surface area contributed by atoms with E-state index >= 15 is 0 Å². The lowest BCUT2D eigenvalue weighted by molar-refractivity contribution is 0.460. The van der Waals surface area contributed by atoms with Crippen LogP contribution in [0.3, 0.4) is 0 Å². The van der Waals surface area contributed by atoms with Gasteiger partial charge in [-0.3, -0.25) is 4.72 Å². The number of aryl methyl sites for hydroxylation is 1. The highest BCUT2D eigenvalue weighted by atomic mass is 32.2. The Morgan fingerprint density at radius 2 is 1.92 bits per heavy atom. The first-order valence-corrected chi connectivity index (χ1v) is 8.91. The predicted octanol–water partition coefficient (Wildman–Crippen LogP) is 3.59. The average Bonchev–Trinajstić information content (AvgIpc) is 3.22. The van der Waals surface area contributed by atoms with E-state index in [-0.39, 0.29) is 10.7 Å². The van der Waals surface area contributed by atoms with Crippen LogP contribution in [0.25, 0.3) is 22.3 Å². The second kappa shape index (κ2) is 5.75. The van der Waals surface area contributed by atoms with Crippen LogP contribution in [-0.2, 0) is 10.0 Å². The van der Waals surface area contributed by atoms with E-state index in [1.54, 1.807) is 49.5 Å². The first-order valence-electron chi connectivity index (χ1n) is 7.43. The molecule has 7 nitrogen and oxygen atoms in total. The lowest BCUT2D eigenvalue weighted by Gasteiger charge is -2.06. The molecular weight excluding hydrogens is 342 g/mol. The highest BCUT2D eigenvalue weighted by molar-refractivity contribution is 7.92. The largest absolute Gasteiger partial charge is 0.441 e. The Labute approximate surface area is 143 Å². The summed E-state index contributed by atoms with van der Waals surface area (Å²) in [5, 5.41) is 4.39. The van der Waals surface area contributed by atoms with E-state index in [0.29, 0.717) is 28.2 Å². The number of fused-ring (bicyclic) bond motifs is 1. The van der Waals surface area contributed by atoms with Gasteiger partial charge in [-0.05, 0) is 24.3 Å². The summed E-state index contributed by atoms with van der Waals surface area (Å²) in [5.74, 6) is 1.16. The van der Waals surface area contributed by atoms with Gasteiger partial charge in [-0.25, -0.2) is 13.4 Å². The molecule has 0 radical (unpaired) electrons. The Balaban J connectivity index is 1.71. The van der Waals surface area contributed by atoms with Crippen molar-refractivity contribution in [3.8, 4) is 11.3 Å². The first kappa shape index (κ1) is 15.4. The fraction of sp³-hybridized carbons (Fsp3) is 0.0588. The molecule has 126 valence electrons. The van der Waals surface area contributed by atoms with Gasteiger partial charge in [0.25, 0.3) is 10.0 Å². The second-order valence-electron chi connectivity index (χ2n) is 5.40. The summed E-state index contributed by atoms with van der Waals surface area (Å²) in [7, 11) is -3.83. The van der Waals surface area contributed by atoms with Gasteiger partial charge < -0.3 is 8.94 Å². The summed E-state index contributed by atoms with van der Waals surface area (Å²) in [4.78, 5) is 4.11. The molecule has 2 aromatic heterocycles. The van der Waals surface area contributed by atoms with Gasteiger partial charge in [0, 0.05) is 12.5 Å². The van der Waals surface area contributed by atoms with E-state index in [2.05, 4.69) is 14.9 Å². The number of para-hydroxylation sites is 1. The van der Waals surface area contributed by atoms with Crippen molar-refractivity contribution < 1.29 is 17.4 Å². The highest BCUT2D eigenvalue weighted by Crippen LogP contribution is 2.27. The summed E-state index contributed by atoms with van der Waals surface area (Å²) in [5.41, 5.74) is 1.12. The van der Waals surface area contributed by atoms with Crippen LogP contribution in [0, 0.1) is 6.92 Å². The van der Waals surface area contributed by atoms with Crippen LogP contribution in [-0.4, -0.2) is 18.6 Å². The van der Waals surface area contributed by atoms with Crippen LogP contribution in [0.2, 0.25) is 0 Å². The minimum Gasteiger partial charge on any atom is -0.441 e. The van der Waals surface area contributed by atoms with E-state index in [0.717, 1.165) is 0 Å². The zero-order valence-electron chi connectivity index (χ0n) is 13.1. The van der Waals surface area contributed by atoms with E-state index in [4.69, 9.17) is 8.94 Å². The molecule has 8 heteroatoms. The summed E-state index contributed by atoms with van der Waals surface area (Å²) in [6.07, 6.45) is 1.56. The summed E-state index contributed by atoms with van der Waals surface area (Å²) < 4.78 is 38.4. The molecule has 2 aromatic carbocycles. The normalized spacial score (nSPS) is 11.7. The maximum atomic E-state index is 12.7. The Morgan fingerprint density at radius 3 is 2.72 bits per heavy atom. The monoisotopic (exact) mass is 355 g/mol. The van der Waals surface area contributed by atoms with Crippen LogP contribution in [0.15, 0.2) is 68.6 Å². The van der Waals surface area contributed by atoms with Crippen molar-refractivity contribution in [2.24, 2.45) is 0 Å². The van der Waals surface area contributed by atoms with E-state index in [9.17, 15) is 8.42 Å². The molecule has 0 saturated carbocycles. The number of nitrogens with one attached hydrogen (secondary N) is 1. The summed E-state index contributed by atoms with van der Waals surface area (Å²) in [6.45, 7) is 1.72. The van der Waals surface area contributed by atoms with Gasteiger partial charge in [-0.15, -0.1) is 0 Å². The molecule has 0 spiro atoms. The molecule has 25 heavy (non-hydrogen) atoms. The molecule has 0 saturated heterocycles. The van der Waals surface area contributed by atoms with Crippen LogP contribution in [0.5, 0.6) is 0 Å². The number of hydrogen-bond acceptors (Lipinski definition) is 6. The molecule has 0 unspecified atom stereocenters. The zero-order valence-corrected chi connectivity index (χ0v) is 13.9. The molecule has 2 heterocycles. The van der Waals surface area contributed by atoms with Gasteiger partial charge in [0.1, 0.15) is 0 Å². The number of aromatic nitrogens is 2. The minimum atomic E-state index is -3.83. The molecule has 0 amide bonds.